The second-order valence-corrected chi connectivity index (χ2v) is 6.36. The van der Waals surface area contributed by atoms with Crippen molar-refractivity contribution in [2.45, 2.75) is 31.9 Å². The fourth-order valence-electron chi connectivity index (χ4n) is 3.04. The zero-order chi connectivity index (χ0) is 19.4. The predicted octanol–water partition coefficient (Wildman–Crippen LogP) is 1.57. The number of rotatable bonds is 4. The van der Waals surface area contributed by atoms with Gasteiger partial charge in [-0.3, -0.25) is 4.98 Å². The molecule has 1 saturated heterocycles. The third kappa shape index (κ3) is 4.18. The number of H-pyrrole nitrogens is 1. The fourth-order valence-corrected chi connectivity index (χ4v) is 3.04. The van der Waals surface area contributed by atoms with Crippen LogP contribution in [0.4, 0.5) is 4.79 Å². The highest BCUT2D eigenvalue weighted by atomic mass is 16.6. The molecule has 1 aliphatic rings. The van der Waals surface area contributed by atoms with Crippen LogP contribution in [0, 0.1) is 0 Å². The molecule has 1 aromatic carbocycles. The molecule has 27 heavy (non-hydrogen) atoms. The number of aromatic amines is 1. The Morgan fingerprint density at radius 3 is 2.52 bits per heavy atom. The number of piperidine rings is 1. The summed E-state index contributed by atoms with van der Waals surface area (Å²) in [6.07, 6.45) is -0.380. The summed E-state index contributed by atoms with van der Waals surface area (Å²) in [5.41, 5.74) is 0.570. The number of aromatic nitrogens is 3. The monoisotopic (exact) mass is 374 g/mol. The first kappa shape index (κ1) is 18.7. The molecule has 1 aromatic heterocycles. The third-order valence-electron chi connectivity index (χ3n) is 4.57. The number of benzene rings is 1. The number of likely N-dealkylation sites (tertiary alicyclic amines) is 1. The van der Waals surface area contributed by atoms with Crippen molar-refractivity contribution in [2.24, 2.45) is 0 Å². The standard InChI is InChI=1S/C18H22N4O5/c1-12(16(23)26-2)27-18(25)21-10-8-14(9-11-21)22-17(24)19-15(20-22)13-6-4-3-5-7-13/h3-7,12,14H,8-11H2,1-2H3,(H,19,20,24). The van der Waals surface area contributed by atoms with Crippen molar-refractivity contribution in [3.63, 3.8) is 0 Å². The zero-order valence-electron chi connectivity index (χ0n) is 15.3. The van der Waals surface area contributed by atoms with E-state index in [0.29, 0.717) is 31.8 Å². The SMILES string of the molecule is COC(=O)C(C)OC(=O)N1CCC(n2nc(-c3ccccc3)[nH]c2=O)CC1. The molecule has 1 unspecified atom stereocenters. The van der Waals surface area contributed by atoms with Crippen molar-refractivity contribution in [1.29, 1.82) is 0 Å². The summed E-state index contributed by atoms with van der Waals surface area (Å²) in [5, 5.41) is 4.41. The molecule has 0 aliphatic carbocycles. The molecule has 9 heteroatoms. The lowest BCUT2D eigenvalue weighted by molar-refractivity contribution is -0.150. The number of carbonyl (C=O) groups is 2. The average Bonchev–Trinajstić information content (AvgIpc) is 3.09. The minimum atomic E-state index is -0.956. The van der Waals surface area contributed by atoms with Crippen LogP contribution in [0.3, 0.4) is 0 Å². The number of hydrogen-bond acceptors (Lipinski definition) is 6. The Bertz CT molecular complexity index is 852. The van der Waals surface area contributed by atoms with Crippen molar-refractivity contribution in [1.82, 2.24) is 19.7 Å². The van der Waals surface area contributed by atoms with Crippen LogP contribution in [0.1, 0.15) is 25.8 Å². The van der Waals surface area contributed by atoms with Gasteiger partial charge in [0.05, 0.1) is 13.2 Å². The summed E-state index contributed by atoms with van der Waals surface area (Å²) in [6, 6.07) is 9.31. The molecular formula is C18H22N4O5. The molecule has 1 fully saturated rings. The minimum Gasteiger partial charge on any atom is -0.466 e. The van der Waals surface area contributed by atoms with Crippen molar-refractivity contribution in [3.05, 3.63) is 40.8 Å². The van der Waals surface area contributed by atoms with Gasteiger partial charge in [-0.2, -0.15) is 0 Å². The molecule has 2 aromatic rings. The van der Waals surface area contributed by atoms with Gasteiger partial charge >= 0.3 is 17.8 Å². The summed E-state index contributed by atoms with van der Waals surface area (Å²) < 4.78 is 11.1. The van der Waals surface area contributed by atoms with Gasteiger partial charge in [-0.15, -0.1) is 5.10 Å². The van der Waals surface area contributed by atoms with E-state index < -0.39 is 18.2 Å². The van der Waals surface area contributed by atoms with E-state index in [4.69, 9.17) is 4.74 Å². The fraction of sp³-hybridized carbons (Fsp3) is 0.444. The van der Waals surface area contributed by atoms with Crippen LogP contribution in [0.15, 0.2) is 35.1 Å². The molecule has 1 aliphatic heterocycles. The van der Waals surface area contributed by atoms with Gasteiger partial charge in [0.25, 0.3) is 0 Å². The summed E-state index contributed by atoms with van der Waals surface area (Å²) in [7, 11) is 1.24. The molecule has 144 valence electrons. The Labute approximate surface area is 155 Å². The van der Waals surface area contributed by atoms with E-state index in [2.05, 4.69) is 14.8 Å². The van der Waals surface area contributed by atoms with Crippen LogP contribution in [-0.2, 0) is 14.3 Å². The van der Waals surface area contributed by atoms with Crippen molar-refractivity contribution in [3.8, 4) is 11.4 Å². The van der Waals surface area contributed by atoms with Gasteiger partial charge in [0.15, 0.2) is 11.9 Å². The second-order valence-electron chi connectivity index (χ2n) is 6.36. The highest BCUT2D eigenvalue weighted by molar-refractivity contribution is 5.78. The maximum absolute atomic E-state index is 12.3. The quantitative estimate of drug-likeness (QED) is 0.814. The highest BCUT2D eigenvalue weighted by Gasteiger charge is 2.29. The largest absolute Gasteiger partial charge is 0.466 e. The Morgan fingerprint density at radius 2 is 1.89 bits per heavy atom. The number of nitrogens with one attached hydrogen (secondary N) is 1. The minimum absolute atomic E-state index is 0.103. The van der Waals surface area contributed by atoms with Gasteiger partial charge in [0, 0.05) is 18.7 Å². The van der Waals surface area contributed by atoms with Crippen LogP contribution < -0.4 is 5.69 Å². The van der Waals surface area contributed by atoms with Crippen LogP contribution in [-0.4, -0.2) is 58.0 Å². The van der Waals surface area contributed by atoms with E-state index in [1.807, 2.05) is 30.3 Å². The van der Waals surface area contributed by atoms with E-state index in [9.17, 15) is 14.4 Å². The Morgan fingerprint density at radius 1 is 1.22 bits per heavy atom. The molecule has 0 radical (unpaired) electrons. The van der Waals surface area contributed by atoms with E-state index in [-0.39, 0.29) is 11.7 Å². The van der Waals surface area contributed by atoms with Gasteiger partial charge in [-0.1, -0.05) is 30.3 Å². The second kappa shape index (κ2) is 8.07. The van der Waals surface area contributed by atoms with E-state index in [1.54, 1.807) is 0 Å². The number of nitrogens with zero attached hydrogens (tertiary/aromatic N) is 3. The van der Waals surface area contributed by atoms with Gasteiger partial charge in [0.2, 0.25) is 0 Å². The van der Waals surface area contributed by atoms with Crippen LogP contribution in [0.2, 0.25) is 0 Å². The van der Waals surface area contributed by atoms with Crippen LogP contribution in [0.25, 0.3) is 11.4 Å². The lowest BCUT2D eigenvalue weighted by Crippen LogP contribution is -2.42. The third-order valence-corrected chi connectivity index (χ3v) is 4.57. The maximum atomic E-state index is 12.3. The highest BCUT2D eigenvalue weighted by Crippen LogP contribution is 2.22. The number of ether oxygens (including phenoxy) is 2. The number of methoxy groups -OCH3 is 1. The molecular weight excluding hydrogens is 352 g/mol. The summed E-state index contributed by atoms with van der Waals surface area (Å²) >= 11 is 0. The zero-order valence-corrected chi connectivity index (χ0v) is 15.3. The number of esters is 1. The molecule has 0 spiro atoms. The lowest BCUT2D eigenvalue weighted by atomic mass is 10.1. The summed E-state index contributed by atoms with van der Waals surface area (Å²) in [4.78, 5) is 40.1. The Balaban J connectivity index is 1.61. The van der Waals surface area contributed by atoms with E-state index >= 15 is 0 Å². The molecule has 3 rings (SSSR count). The average molecular weight is 374 g/mol. The van der Waals surface area contributed by atoms with Crippen molar-refractivity contribution >= 4 is 12.1 Å². The summed E-state index contributed by atoms with van der Waals surface area (Å²) in [5.74, 6) is -0.0795. The predicted molar refractivity (Wildman–Crippen MR) is 96.1 cm³/mol. The molecule has 0 saturated carbocycles. The van der Waals surface area contributed by atoms with Gasteiger partial charge < -0.3 is 14.4 Å². The number of carbonyl (C=O) groups excluding carboxylic acids is 2. The lowest BCUT2D eigenvalue weighted by Gasteiger charge is -2.31. The molecule has 9 nitrogen and oxygen atoms in total. The van der Waals surface area contributed by atoms with Gasteiger partial charge in [-0.05, 0) is 19.8 Å². The first-order valence-electron chi connectivity index (χ1n) is 8.77. The smallest absolute Gasteiger partial charge is 0.410 e. The van der Waals surface area contributed by atoms with Crippen molar-refractivity contribution in [2.75, 3.05) is 20.2 Å². The van der Waals surface area contributed by atoms with Gasteiger partial charge in [0.1, 0.15) is 0 Å². The first-order valence-corrected chi connectivity index (χ1v) is 8.77. The molecule has 2 heterocycles. The van der Waals surface area contributed by atoms with Gasteiger partial charge in [-0.25, -0.2) is 19.1 Å². The topological polar surface area (TPSA) is 107 Å². The molecule has 1 amide bonds. The number of amides is 1. The Hall–Kier alpha value is -3.10. The summed E-state index contributed by atoms with van der Waals surface area (Å²) in [6.45, 7) is 2.29. The Kier molecular flexibility index (Phi) is 5.58. The first-order chi connectivity index (χ1) is 13.0. The number of hydrogen-bond donors (Lipinski definition) is 1. The van der Waals surface area contributed by atoms with E-state index in [1.165, 1.54) is 23.6 Å². The van der Waals surface area contributed by atoms with Crippen molar-refractivity contribution < 1.29 is 19.1 Å². The maximum Gasteiger partial charge on any atom is 0.410 e. The molecule has 0 bridgehead atoms. The van der Waals surface area contributed by atoms with Crippen LogP contribution >= 0.6 is 0 Å². The van der Waals surface area contributed by atoms with Crippen LogP contribution in [0.5, 0.6) is 0 Å². The molecule has 1 atom stereocenters. The molecule has 1 N–H and O–H groups in total. The normalized spacial score (nSPS) is 16.0. The van der Waals surface area contributed by atoms with E-state index in [0.717, 1.165) is 5.56 Å².